The molecule has 0 amide bonds. The van der Waals surface area contributed by atoms with E-state index in [0.717, 1.165) is 49.3 Å². The van der Waals surface area contributed by atoms with E-state index in [-0.39, 0.29) is 6.10 Å². The first-order valence-electron chi connectivity index (χ1n) is 6.72. The van der Waals surface area contributed by atoms with Crippen LogP contribution < -0.4 is 4.74 Å². The van der Waals surface area contributed by atoms with Crippen molar-refractivity contribution in [1.29, 1.82) is 0 Å². The molecular formula is C15H21BrO3. The van der Waals surface area contributed by atoms with Gasteiger partial charge in [-0.3, -0.25) is 0 Å². The molecule has 0 spiro atoms. The Kier molecular flexibility index (Phi) is 6.14. The van der Waals surface area contributed by atoms with Crippen LogP contribution in [-0.2, 0) is 9.47 Å². The molecule has 1 heterocycles. The Balaban J connectivity index is 1.91. The first kappa shape index (κ1) is 14.8. The monoisotopic (exact) mass is 328 g/mol. The van der Waals surface area contributed by atoms with Crippen molar-refractivity contribution in [3.63, 3.8) is 0 Å². The van der Waals surface area contributed by atoms with Crippen LogP contribution in [0.3, 0.4) is 0 Å². The highest BCUT2D eigenvalue weighted by atomic mass is 79.9. The van der Waals surface area contributed by atoms with Crippen molar-refractivity contribution in [2.24, 2.45) is 5.92 Å². The van der Waals surface area contributed by atoms with Crippen molar-refractivity contribution in [3.8, 4) is 5.75 Å². The van der Waals surface area contributed by atoms with Gasteiger partial charge in [-0.2, -0.15) is 0 Å². The van der Waals surface area contributed by atoms with Gasteiger partial charge >= 0.3 is 0 Å². The molecule has 0 radical (unpaired) electrons. The molecule has 1 aromatic carbocycles. The Labute approximate surface area is 123 Å². The van der Waals surface area contributed by atoms with E-state index in [2.05, 4.69) is 22.0 Å². The van der Waals surface area contributed by atoms with Crippen molar-refractivity contribution in [2.75, 3.05) is 32.3 Å². The van der Waals surface area contributed by atoms with Crippen LogP contribution in [0.1, 0.15) is 24.5 Å². The van der Waals surface area contributed by atoms with Crippen molar-refractivity contribution in [3.05, 3.63) is 29.8 Å². The van der Waals surface area contributed by atoms with Gasteiger partial charge in [0.2, 0.25) is 0 Å². The van der Waals surface area contributed by atoms with E-state index in [9.17, 15) is 0 Å². The maximum absolute atomic E-state index is 6.06. The molecule has 1 unspecified atom stereocenters. The largest absolute Gasteiger partial charge is 0.497 e. The highest BCUT2D eigenvalue weighted by Gasteiger charge is 2.17. The molecule has 0 aromatic heterocycles. The average molecular weight is 329 g/mol. The zero-order valence-corrected chi connectivity index (χ0v) is 12.9. The van der Waals surface area contributed by atoms with Crippen LogP contribution in [-0.4, -0.2) is 32.3 Å². The predicted molar refractivity (Wildman–Crippen MR) is 79.0 cm³/mol. The first-order chi connectivity index (χ1) is 9.33. The molecule has 1 fully saturated rings. The Morgan fingerprint density at radius 1 is 1.37 bits per heavy atom. The molecule has 0 aliphatic carbocycles. The van der Waals surface area contributed by atoms with Crippen LogP contribution >= 0.6 is 15.9 Å². The summed E-state index contributed by atoms with van der Waals surface area (Å²) in [6, 6.07) is 8.07. The molecule has 0 N–H and O–H groups in total. The summed E-state index contributed by atoms with van der Waals surface area (Å²) in [5, 5.41) is 0.795. The number of alkyl halides is 1. The predicted octanol–water partition coefficient (Wildman–Crippen LogP) is 3.57. The fourth-order valence-electron chi connectivity index (χ4n) is 2.24. The molecular weight excluding hydrogens is 308 g/mol. The number of methoxy groups -OCH3 is 1. The van der Waals surface area contributed by atoms with E-state index in [1.54, 1.807) is 7.11 Å². The van der Waals surface area contributed by atoms with Crippen molar-refractivity contribution < 1.29 is 14.2 Å². The molecule has 1 aromatic rings. The van der Waals surface area contributed by atoms with Gasteiger partial charge < -0.3 is 14.2 Å². The minimum absolute atomic E-state index is 0.0814. The third kappa shape index (κ3) is 4.48. The van der Waals surface area contributed by atoms with E-state index in [1.807, 2.05) is 18.2 Å². The molecule has 2 rings (SSSR count). The zero-order valence-electron chi connectivity index (χ0n) is 11.3. The van der Waals surface area contributed by atoms with Gasteiger partial charge in [0.05, 0.1) is 19.8 Å². The number of rotatable bonds is 6. The lowest BCUT2D eigenvalue weighted by molar-refractivity contribution is -0.00378. The van der Waals surface area contributed by atoms with Crippen LogP contribution in [0.15, 0.2) is 24.3 Å². The average Bonchev–Trinajstić information content (AvgIpc) is 2.49. The molecule has 1 aliphatic heterocycles. The Hall–Kier alpha value is -0.580. The minimum Gasteiger partial charge on any atom is -0.497 e. The first-order valence-corrected chi connectivity index (χ1v) is 7.85. The Morgan fingerprint density at radius 2 is 2.16 bits per heavy atom. The van der Waals surface area contributed by atoms with E-state index in [0.29, 0.717) is 5.92 Å². The van der Waals surface area contributed by atoms with Gasteiger partial charge in [-0.15, -0.1) is 0 Å². The lowest BCUT2D eigenvalue weighted by Crippen LogP contribution is -2.21. The number of halogens is 1. The highest BCUT2D eigenvalue weighted by molar-refractivity contribution is 9.09. The second kappa shape index (κ2) is 7.88. The van der Waals surface area contributed by atoms with E-state index < -0.39 is 0 Å². The highest BCUT2D eigenvalue weighted by Crippen LogP contribution is 2.25. The summed E-state index contributed by atoms with van der Waals surface area (Å²) < 4.78 is 16.7. The number of hydrogen-bond acceptors (Lipinski definition) is 3. The molecule has 19 heavy (non-hydrogen) atoms. The summed E-state index contributed by atoms with van der Waals surface area (Å²) in [6.45, 7) is 2.54. The Morgan fingerprint density at radius 3 is 2.84 bits per heavy atom. The molecule has 1 aliphatic rings. The summed E-state index contributed by atoms with van der Waals surface area (Å²) in [5.74, 6) is 1.50. The fraction of sp³-hybridized carbons (Fsp3) is 0.600. The Bertz CT molecular complexity index is 377. The topological polar surface area (TPSA) is 27.7 Å². The standard InChI is InChI=1S/C15H21BrO3/c1-17-14-4-2-3-13(9-14)15(10-16)19-11-12-5-7-18-8-6-12/h2-4,9,12,15H,5-8,10-11H2,1H3. The summed E-state index contributed by atoms with van der Waals surface area (Å²) in [5.41, 5.74) is 1.16. The maximum Gasteiger partial charge on any atom is 0.119 e. The van der Waals surface area contributed by atoms with Gasteiger partial charge in [-0.1, -0.05) is 28.1 Å². The summed E-state index contributed by atoms with van der Waals surface area (Å²) in [4.78, 5) is 0. The van der Waals surface area contributed by atoms with E-state index >= 15 is 0 Å². The van der Waals surface area contributed by atoms with Gasteiger partial charge in [0.15, 0.2) is 0 Å². The van der Waals surface area contributed by atoms with Crippen LogP contribution in [0.4, 0.5) is 0 Å². The van der Waals surface area contributed by atoms with Crippen LogP contribution in [0.5, 0.6) is 5.75 Å². The third-order valence-corrected chi connectivity index (χ3v) is 4.07. The molecule has 0 bridgehead atoms. The molecule has 4 heteroatoms. The normalized spacial score (nSPS) is 18.2. The lowest BCUT2D eigenvalue weighted by Gasteiger charge is -2.24. The molecule has 1 atom stereocenters. The van der Waals surface area contributed by atoms with Gasteiger partial charge in [0.1, 0.15) is 5.75 Å². The number of benzene rings is 1. The van der Waals surface area contributed by atoms with E-state index in [4.69, 9.17) is 14.2 Å². The minimum atomic E-state index is 0.0814. The second-order valence-corrected chi connectivity index (χ2v) is 5.46. The second-order valence-electron chi connectivity index (χ2n) is 4.81. The van der Waals surface area contributed by atoms with Gasteiger partial charge in [-0.25, -0.2) is 0 Å². The lowest BCUT2D eigenvalue weighted by atomic mass is 10.0. The molecule has 106 valence electrons. The van der Waals surface area contributed by atoms with Crippen molar-refractivity contribution in [1.82, 2.24) is 0 Å². The number of ether oxygens (including phenoxy) is 3. The van der Waals surface area contributed by atoms with Crippen LogP contribution in [0, 0.1) is 5.92 Å². The quantitative estimate of drug-likeness (QED) is 0.747. The van der Waals surface area contributed by atoms with Crippen molar-refractivity contribution in [2.45, 2.75) is 18.9 Å². The fourth-order valence-corrected chi connectivity index (χ4v) is 2.80. The summed E-state index contributed by atoms with van der Waals surface area (Å²) in [6.07, 6.45) is 2.29. The van der Waals surface area contributed by atoms with Gasteiger partial charge in [-0.05, 0) is 36.5 Å². The zero-order chi connectivity index (χ0) is 13.5. The molecule has 1 saturated heterocycles. The van der Waals surface area contributed by atoms with E-state index in [1.165, 1.54) is 0 Å². The van der Waals surface area contributed by atoms with Crippen molar-refractivity contribution >= 4 is 15.9 Å². The summed E-state index contributed by atoms with van der Waals surface area (Å²) in [7, 11) is 1.69. The van der Waals surface area contributed by atoms with Crippen LogP contribution in [0.2, 0.25) is 0 Å². The third-order valence-electron chi connectivity index (χ3n) is 3.48. The van der Waals surface area contributed by atoms with Crippen LogP contribution in [0.25, 0.3) is 0 Å². The summed E-state index contributed by atoms with van der Waals surface area (Å²) >= 11 is 3.53. The molecule has 3 nitrogen and oxygen atoms in total. The maximum atomic E-state index is 6.06. The van der Waals surface area contributed by atoms with Gasteiger partial charge in [0.25, 0.3) is 0 Å². The van der Waals surface area contributed by atoms with Gasteiger partial charge in [0, 0.05) is 18.5 Å². The SMILES string of the molecule is COc1cccc(C(CBr)OCC2CCOCC2)c1. The smallest absolute Gasteiger partial charge is 0.119 e. The number of hydrogen-bond donors (Lipinski definition) is 0. The molecule has 0 saturated carbocycles.